The molecular weight excluding hydrogens is 369 g/mol. The zero-order valence-electron chi connectivity index (χ0n) is 14.7. The molecule has 2 aromatic rings. The Hall–Kier alpha value is -1.33. The maximum atomic E-state index is 13.2. The Bertz CT molecular complexity index is 693. The predicted octanol–water partition coefficient (Wildman–Crippen LogP) is 5.44. The molecule has 0 saturated carbocycles. The summed E-state index contributed by atoms with van der Waals surface area (Å²) >= 11 is 1.84. The molecule has 2 nitrogen and oxygen atoms in total. The second-order valence-electron chi connectivity index (χ2n) is 6.26. The van der Waals surface area contributed by atoms with Crippen LogP contribution in [0.25, 0.3) is 0 Å². The van der Waals surface area contributed by atoms with Crippen LogP contribution >= 0.6 is 24.2 Å². The Kier molecular flexibility index (Phi) is 8.66. The summed E-state index contributed by atoms with van der Waals surface area (Å²) in [6.45, 7) is 2.07. The lowest BCUT2D eigenvalue weighted by Crippen LogP contribution is -2.33. The fraction of sp³-hybridized carbons (Fsp3) is 0.333. The van der Waals surface area contributed by atoms with Crippen LogP contribution in [0, 0.1) is 5.82 Å². The van der Waals surface area contributed by atoms with Gasteiger partial charge in [-0.25, -0.2) is 4.39 Å². The van der Waals surface area contributed by atoms with Crippen LogP contribution in [-0.4, -0.2) is 29.7 Å². The third-order valence-electron chi connectivity index (χ3n) is 4.52. The third-order valence-corrected chi connectivity index (χ3v) is 5.66. The van der Waals surface area contributed by atoms with Crippen LogP contribution in [0.15, 0.2) is 70.5 Å². The molecule has 26 heavy (non-hydrogen) atoms. The van der Waals surface area contributed by atoms with Crippen molar-refractivity contribution in [2.24, 2.45) is 0 Å². The molecule has 0 fully saturated rings. The largest absolute Gasteiger partial charge is 0.396 e. The molecule has 1 N–H and O–H groups in total. The van der Waals surface area contributed by atoms with Crippen molar-refractivity contribution < 1.29 is 9.50 Å². The number of benzene rings is 2. The van der Waals surface area contributed by atoms with E-state index >= 15 is 0 Å². The lowest BCUT2D eigenvalue weighted by molar-refractivity contribution is 0.186. The number of aliphatic hydroxyl groups is 1. The Labute approximate surface area is 165 Å². The van der Waals surface area contributed by atoms with E-state index in [1.54, 1.807) is 0 Å². The lowest BCUT2D eigenvalue weighted by atomic mass is 9.99. The van der Waals surface area contributed by atoms with E-state index in [4.69, 9.17) is 0 Å². The average molecular weight is 394 g/mol. The molecule has 0 saturated heterocycles. The molecule has 2 aromatic carbocycles. The highest BCUT2D eigenvalue weighted by Gasteiger charge is 2.22. The van der Waals surface area contributed by atoms with Crippen LogP contribution in [0.5, 0.6) is 0 Å². The van der Waals surface area contributed by atoms with Crippen LogP contribution in [0.1, 0.15) is 30.9 Å². The molecule has 0 aliphatic carbocycles. The Morgan fingerprint density at radius 1 is 1.08 bits per heavy atom. The molecule has 5 heteroatoms. The first-order valence-electron chi connectivity index (χ1n) is 8.78. The number of halogens is 2. The van der Waals surface area contributed by atoms with Gasteiger partial charge in [0.15, 0.2) is 0 Å². The van der Waals surface area contributed by atoms with Gasteiger partial charge in [-0.05, 0) is 54.0 Å². The van der Waals surface area contributed by atoms with Gasteiger partial charge in [-0.2, -0.15) is 0 Å². The van der Waals surface area contributed by atoms with E-state index in [-0.39, 0.29) is 30.9 Å². The van der Waals surface area contributed by atoms with Crippen molar-refractivity contribution in [3.63, 3.8) is 0 Å². The van der Waals surface area contributed by atoms with E-state index in [9.17, 15) is 9.50 Å². The van der Waals surface area contributed by atoms with Crippen LogP contribution in [-0.2, 0) is 0 Å². The summed E-state index contributed by atoms with van der Waals surface area (Å²) in [5, 5.41) is 9.22. The highest BCUT2D eigenvalue weighted by molar-refractivity contribution is 8.03. The molecule has 1 aliphatic rings. The SMILES string of the molecule is Cl.OCCCC(c1ccc(F)cc1)N1CC=C(Sc2ccccc2)CC1. The summed E-state index contributed by atoms with van der Waals surface area (Å²) in [6.07, 6.45) is 4.97. The Balaban J connectivity index is 0.00000243. The highest BCUT2D eigenvalue weighted by atomic mass is 35.5. The molecule has 0 bridgehead atoms. The van der Waals surface area contributed by atoms with Gasteiger partial charge in [0.1, 0.15) is 5.82 Å². The van der Waals surface area contributed by atoms with Crippen molar-refractivity contribution >= 4 is 24.2 Å². The number of thioether (sulfide) groups is 1. The molecule has 0 aromatic heterocycles. The van der Waals surface area contributed by atoms with Crippen molar-refractivity contribution in [3.05, 3.63) is 77.0 Å². The van der Waals surface area contributed by atoms with Gasteiger partial charge < -0.3 is 5.11 Å². The molecule has 140 valence electrons. The first-order chi connectivity index (χ1) is 12.3. The van der Waals surface area contributed by atoms with E-state index < -0.39 is 0 Å². The van der Waals surface area contributed by atoms with Crippen molar-refractivity contribution in [3.8, 4) is 0 Å². The normalized spacial score (nSPS) is 15.8. The van der Waals surface area contributed by atoms with Gasteiger partial charge in [0.2, 0.25) is 0 Å². The minimum absolute atomic E-state index is 0. The molecule has 0 amide bonds. The third kappa shape index (κ3) is 5.85. The van der Waals surface area contributed by atoms with E-state index in [0.29, 0.717) is 0 Å². The summed E-state index contributed by atoms with van der Waals surface area (Å²) in [5.41, 5.74) is 1.13. The van der Waals surface area contributed by atoms with Gasteiger partial charge in [0.05, 0.1) is 0 Å². The molecule has 0 radical (unpaired) electrons. The zero-order chi connectivity index (χ0) is 17.5. The maximum absolute atomic E-state index is 13.2. The average Bonchev–Trinajstić information content (AvgIpc) is 2.65. The first kappa shape index (κ1) is 21.0. The van der Waals surface area contributed by atoms with Crippen molar-refractivity contribution in [1.82, 2.24) is 4.90 Å². The van der Waals surface area contributed by atoms with Crippen LogP contribution < -0.4 is 0 Å². The van der Waals surface area contributed by atoms with Crippen molar-refractivity contribution in [1.29, 1.82) is 0 Å². The van der Waals surface area contributed by atoms with Gasteiger partial charge in [-0.15, -0.1) is 12.4 Å². The number of aliphatic hydroxyl groups excluding tert-OH is 1. The number of hydrogen-bond donors (Lipinski definition) is 1. The molecule has 1 heterocycles. The topological polar surface area (TPSA) is 23.5 Å². The van der Waals surface area contributed by atoms with Gasteiger partial charge >= 0.3 is 0 Å². The van der Waals surface area contributed by atoms with Crippen LogP contribution in [0.2, 0.25) is 0 Å². The highest BCUT2D eigenvalue weighted by Crippen LogP contribution is 2.34. The summed E-state index contributed by atoms with van der Waals surface area (Å²) in [4.78, 5) is 5.11. The van der Waals surface area contributed by atoms with E-state index in [2.05, 4.69) is 35.2 Å². The van der Waals surface area contributed by atoms with E-state index in [0.717, 1.165) is 37.9 Å². The van der Waals surface area contributed by atoms with Crippen molar-refractivity contribution in [2.45, 2.75) is 30.2 Å². The fourth-order valence-electron chi connectivity index (χ4n) is 3.21. The second-order valence-corrected chi connectivity index (χ2v) is 7.46. The predicted molar refractivity (Wildman–Crippen MR) is 109 cm³/mol. The van der Waals surface area contributed by atoms with Gasteiger partial charge in [-0.3, -0.25) is 4.90 Å². The Morgan fingerprint density at radius 2 is 1.81 bits per heavy atom. The summed E-state index contributed by atoms with van der Waals surface area (Å²) < 4.78 is 13.2. The smallest absolute Gasteiger partial charge is 0.123 e. The fourth-order valence-corrected chi connectivity index (χ4v) is 4.16. The monoisotopic (exact) mass is 393 g/mol. The van der Waals surface area contributed by atoms with Crippen LogP contribution in [0.3, 0.4) is 0 Å². The standard InChI is InChI=1S/C21H24FNOS.ClH/c22-18-10-8-17(9-11-18)21(7-4-16-24)23-14-12-20(13-15-23)25-19-5-2-1-3-6-19;/h1-3,5-6,8-12,21,24H,4,7,13-16H2;1H. The number of rotatable bonds is 7. The van der Waals surface area contributed by atoms with Crippen LogP contribution in [0.4, 0.5) is 4.39 Å². The minimum atomic E-state index is -0.204. The molecule has 1 unspecified atom stereocenters. The lowest BCUT2D eigenvalue weighted by Gasteiger charge is -2.34. The van der Waals surface area contributed by atoms with Gasteiger partial charge in [0.25, 0.3) is 0 Å². The number of nitrogens with zero attached hydrogens (tertiary/aromatic N) is 1. The second kappa shape index (κ2) is 10.7. The molecule has 1 aliphatic heterocycles. The maximum Gasteiger partial charge on any atom is 0.123 e. The molecule has 0 spiro atoms. The quantitative estimate of drug-likeness (QED) is 0.677. The Morgan fingerprint density at radius 3 is 2.42 bits per heavy atom. The molecule has 3 rings (SSSR count). The minimum Gasteiger partial charge on any atom is -0.396 e. The molecule has 1 atom stereocenters. The summed E-state index contributed by atoms with van der Waals surface area (Å²) in [7, 11) is 0. The van der Waals surface area contributed by atoms with Crippen molar-refractivity contribution in [2.75, 3.05) is 19.7 Å². The van der Waals surface area contributed by atoms with E-state index in [1.165, 1.54) is 21.9 Å². The summed E-state index contributed by atoms with van der Waals surface area (Å²) in [5.74, 6) is -0.204. The first-order valence-corrected chi connectivity index (χ1v) is 9.60. The van der Waals surface area contributed by atoms with Gasteiger partial charge in [-0.1, -0.05) is 48.2 Å². The zero-order valence-corrected chi connectivity index (χ0v) is 16.3. The molecular formula is C21H25ClFNOS. The van der Waals surface area contributed by atoms with Gasteiger partial charge in [0, 0.05) is 30.6 Å². The van der Waals surface area contributed by atoms with E-state index in [1.807, 2.05) is 30.0 Å². The summed E-state index contributed by atoms with van der Waals surface area (Å²) in [6, 6.07) is 17.5. The number of hydrogen-bond acceptors (Lipinski definition) is 3.